The molecule has 1 atom stereocenters. The zero-order valence-electron chi connectivity index (χ0n) is 8.90. The molecule has 94 valence electrons. The predicted octanol–water partition coefficient (Wildman–Crippen LogP) is -0.344. The number of hydrogen-bond acceptors (Lipinski definition) is 4. The molecule has 0 aliphatic carbocycles. The van der Waals surface area contributed by atoms with Crippen molar-refractivity contribution in [1.82, 2.24) is 4.90 Å². The molecule has 0 saturated carbocycles. The largest absolute Gasteiger partial charge is 0.481 e. The second-order valence-electron chi connectivity index (χ2n) is 3.60. The van der Waals surface area contributed by atoms with E-state index < -0.39 is 31.6 Å². The normalized spacial score (nSPS) is 18.5. The van der Waals surface area contributed by atoms with Gasteiger partial charge in [0.1, 0.15) is 0 Å². The van der Waals surface area contributed by atoms with Gasteiger partial charge in [-0.1, -0.05) is 0 Å². The summed E-state index contributed by atoms with van der Waals surface area (Å²) in [5.74, 6) is -2.20. The van der Waals surface area contributed by atoms with Crippen LogP contribution in [0.4, 0.5) is 0 Å². The highest BCUT2D eigenvalue weighted by atomic mass is 31.2. The van der Waals surface area contributed by atoms with E-state index in [9.17, 15) is 23.8 Å². The van der Waals surface area contributed by atoms with E-state index in [2.05, 4.69) is 0 Å². The third-order valence-electron chi connectivity index (χ3n) is 2.25. The fourth-order valence-electron chi connectivity index (χ4n) is 1.29. The van der Waals surface area contributed by atoms with Crippen molar-refractivity contribution >= 4 is 25.2 Å². The minimum absolute atomic E-state index is 0.169. The maximum Gasteiger partial charge on any atom is 0.303 e. The van der Waals surface area contributed by atoms with Crippen molar-refractivity contribution in [3.8, 4) is 0 Å². The average Bonchev–Trinajstić information content (AvgIpc) is 2.54. The first kappa shape index (κ1) is 13.6. The summed E-state index contributed by atoms with van der Waals surface area (Å²) in [5, 5.41) is 8.38. The summed E-state index contributed by atoms with van der Waals surface area (Å²) in [7, 11) is -3.61. The van der Waals surface area contributed by atoms with Crippen molar-refractivity contribution in [2.45, 2.75) is 6.42 Å². The maximum absolute atomic E-state index is 11.5. The van der Waals surface area contributed by atoms with Gasteiger partial charge in [-0.3, -0.25) is 23.8 Å². The van der Waals surface area contributed by atoms with Gasteiger partial charge in [0.25, 0.3) is 11.8 Å². The van der Waals surface area contributed by atoms with E-state index in [1.165, 1.54) is 0 Å². The van der Waals surface area contributed by atoms with Crippen LogP contribution in [-0.2, 0) is 18.9 Å². The highest BCUT2D eigenvalue weighted by molar-refractivity contribution is 7.58. The summed E-state index contributed by atoms with van der Waals surface area (Å²) in [5.41, 5.74) is 0. The topological polar surface area (TPSA) is 112 Å². The third kappa shape index (κ3) is 4.13. The van der Waals surface area contributed by atoms with Gasteiger partial charge in [-0.25, -0.2) is 0 Å². The van der Waals surface area contributed by atoms with Gasteiger partial charge in [0.2, 0.25) is 7.37 Å². The number of carboxylic acid groups (broad SMARTS) is 1. The molecule has 2 N–H and O–H groups in total. The molecule has 0 bridgehead atoms. The van der Waals surface area contributed by atoms with E-state index in [-0.39, 0.29) is 18.9 Å². The van der Waals surface area contributed by atoms with Crippen molar-refractivity contribution in [3.05, 3.63) is 12.2 Å². The number of carbonyl (C=O) groups is 3. The molecule has 17 heavy (non-hydrogen) atoms. The van der Waals surface area contributed by atoms with Crippen molar-refractivity contribution in [2.24, 2.45) is 0 Å². The summed E-state index contributed by atoms with van der Waals surface area (Å²) in [4.78, 5) is 42.8. The highest BCUT2D eigenvalue weighted by Gasteiger charge is 2.27. The van der Waals surface area contributed by atoms with E-state index >= 15 is 0 Å². The van der Waals surface area contributed by atoms with Gasteiger partial charge in [0.05, 0.1) is 6.42 Å². The molecule has 0 aromatic rings. The summed E-state index contributed by atoms with van der Waals surface area (Å²) < 4.78 is 11.5. The van der Waals surface area contributed by atoms with E-state index in [1.807, 2.05) is 0 Å². The molecule has 0 fully saturated rings. The van der Waals surface area contributed by atoms with Gasteiger partial charge in [-0.2, -0.15) is 0 Å². The first-order chi connectivity index (χ1) is 7.82. The predicted molar refractivity (Wildman–Crippen MR) is 57.7 cm³/mol. The Kier molecular flexibility index (Phi) is 4.20. The number of aliphatic carboxylic acids is 1. The first-order valence-electron chi connectivity index (χ1n) is 4.88. The van der Waals surface area contributed by atoms with Gasteiger partial charge >= 0.3 is 5.97 Å². The van der Waals surface area contributed by atoms with Gasteiger partial charge in [0, 0.05) is 31.0 Å². The number of rotatable bonds is 6. The molecule has 1 aliphatic rings. The zero-order valence-corrected chi connectivity index (χ0v) is 9.80. The zero-order chi connectivity index (χ0) is 13.1. The molecular formula is C9H12NO6P. The lowest BCUT2D eigenvalue weighted by molar-refractivity contribution is -0.137. The SMILES string of the molecule is O=C(O)CCP(=O)(O)CCN1C(=O)C=CC1=O. The van der Waals surface area contributed by atoms with Gasteiger partial charge < -0.3 is 10.00 Å². The van der Waals surface area contributed by atoms with Crippen LogP contribution in [0, 0.1) is 0 Å². The van der Waals surface area contributed by atoms with E-state index in [0.717, 1.165) is 17.1 Å². The van der Waals surface area contributed by atoms with E-state index in [0.29, 0.717) is 0 Å². The van der Waals surface area contributed by atoms with Crippen LogP contribution in [0.1, 0.15) is 6.42 Å². The minimum atomic E-state index is -3.61. The fourth-order valence-corrected chi connectivity index (χ4v) is 2.57. The maximum atomic E-state index is 11.5. The Morgan fingerprint density at radius 2 is 1.76 bits per heavy atom. The Hall–Kier alpha value is -1.46. The van der Waals surface area contributed by atoms with Crippen LogP contribution in [0.5, 0.6) is 0 Å². The lowest BCUT2D eigenvalue weighted by Gasteiger charge is -2.16. The Morgan fingerprint density at radius 3 is 2.24 bits per heavy atom. The molecule has 1 aliphatic heterocycles. The Labute approximate surface area is 97.2 Å². The summed E-state index contributed by atoms with van der Waals surface area (Å²) in [6, 6.07) is 0. The van der Waals surface area contributed by atoms with E-state index in [1.54, 1.807) is 0 Å². The van der Waals surface area contributed by atoms with Crippen molar-refractivity contribution in [1.29, 1.82) is 0 Å². The molecule has 1 rings (SSSR count). The Bertz CT molecular complexity index is 411. The number of hydrogen-bond donors (Lipinski definition) is 2. The lowest BCUT2D eigenvalue weighted by Crippen LogP contribution is -2.32. The number of nitrogens with zero attached hydrogens (tertiary/aromatic N) is 1. The standard InChI is InChI=1S/C9H12NO6P/c11-7-1-2-8(12)10(7)4-6-17(15,16)5-3-9(13)14/h1-2H,3-6H2,(H,13,14)(H,15,16). The molecule has 1 unspecified atom stereocenters. The Morgan fingerprint density at radius 1 is 1.24 bits per heavy atom. The van der Waals surface area contributed by atoms with Crippen LogP contribution in [0.3, 0.4) is 0 Å². The molecule has 0 aromatic carbocycles. The monoisotopic (exact) mass is 261 g/mol. The molecule has 0 aromatic heterocycles. The molecule has 2 amide bonds. The van der Waals surface area contributed by atoms with Crippen LogP contribution >= 0.6 is 7.37 Å². The second-order valence-corrected chi connectivity index (χ2v) is 6.19. The first-order valence-corrected chi connectivity index (χ1v) is 6.91. The lowest BCUT2D eigenvalue weighted by atomic mass is 10.5. The van der Waals surface area contributed by atoms with Crippen molar-refractivity contribution < 1.29 is 28.9 Å². The minimum Gasteiger partial charge on any atom is -0.481 e. The number of imide groups is 1. The van der Waals surface area contributed by atoms with Crippen LogP contribution in [0.2, 0.25) is 0 Å². The fraction of sp³-hybridized carbons (Fsp3) is 0.444. The smallest absolute Gasteiger partial charge is 0.303 e. The number of carboxylic acids is 1. The summed E-state index contributed by atoms with van der Waals surface area (Å²) in [6.45, 7) is -0.169. The number of amides is 2. The quantitative estimate of drug-likeness (QED) is 0.499. The molecule has 8 heteroatoms. The van der Waals surface area contributed by atoms with Crippen molar-refractivity contribution in [2.75, 3.05) is 18.9 Å². The molecular weight excluding hydrogens is 249 g/mol. The van der Waals surface area contributed by atoms with Gasteiger partial charge in [0.15, 0.2) is 0 Å². The molecule has 0 radical (unpaired) electrons. The average molecular weight is 261 g/mol. The summed E-state index contributed by atoms with van der Waals surface area (Å²) in [6.07, 6.45) is 1.13. The van der Waals surface area contributed by atoms with Crippen molar-refractivity contribution in [3.63, 3.8) is 0 Å². The summed E-state index contributed by atoms with van der Waals surface area (Å²) >= 11 is 0. The highest BCUT2D eigenvalue weighted by Crippen LogP contribution is 2.40. The van der Waals surface area contributed by atoms with Crippen LogP contribution < -0.4 is 0 Å². The van der Waals surface area contributed by atoms with Crippen LogP contribution in [0.25, 0.3) is 0 Å². The van der Waals surface area contributed by atoms with Crippen LogP contribution in [0.15, 0.2) is 12.2 Å². The molecule has 0 spiro atoms. The Balaban J connectivity index is 2.44. The van der Waals surface area contributed by atoms with Gasteiger partial charge in [-0.15, -0.1) is 0 Å². The molecule has 0 saturated heterocycles. The van der Waals surface area contributed by atoms with Gasteiger partial charge in [-0.05, 0) is 0 Å². The third-order valence-corrected chi connectivity index (χ3v) is 4.07. The second kappa shape index (κ2) is 5.25. The number of carbonyl (C=O) groups excluding carboxylic acids is 2. The van der Waals surface area contributed by atoms with Crippen LogP contribution in [-0.4, -0.2) is 51.6 Å². The molecule has 1 heterocycles. The van der Waals surface area contributed by atoms with E-state index in [4.69, 9.17) is 5.11 Å². The molecule has 7 nitrogen and oxygen atoms in total.